The summed E-state index contributed by atoms with van der Waals surface area (Å²) >= 11 is 7.85. The zero-order chi connectivity index (χ0) is 14.9. The Kier molecular flexibility index (Phi) is 4.30. The molecule has 0 aliphatic carbocycles. The van der Waals surface area contributed by atoms with Crippen LogP contribution in [0.3, 0.4) is 0 Å². The van der Waals surface area contributed by atoms with Crippen LogP contribution < -0.4 is 5.32 Å². The predicted octanol–water partition coefficient (Wildman–Crippen LogP) is 4.11. The Bertz CT molecular complexity index is 616. The van der Waals surface area contributed by atoms with Crippen LogP contribution >= 0.6 is 22.9 Å². The maximum atomic E-state index is 6.21. The topological polar surface area (TPSA) is 50.7 Å². The Balaban J connectivity index is 2.24. The van der Waals surface area contributed by atoms with Crippen LogP contribution in [-0.2, 0) is 12.0 Å². The fourth-order valence-corrected chi connectivity index (χ4v) is 2.52. The molecule has 0 aliphatic rings. The average molecular weight is 311 g/mol. The van der Waals surface area contributed by atoms with Gasteiger partial charge < -0.3 is 5.32 Å². The van der Waals surface area contributed by atoms with E-state index in [2.05, 4.69) is 41.0 Å². The van der Waals surface area contributed by atoms with Gasteiger partial charge in [-0.1, -0.05) is 32.4 Å². The van der Waals surface area contributed by atoms with Gasteiger partial charge in [0.15, 0.2) is 0 Å². The van der Waals surface area contributed by atoms with Crippen molar-refractivity contribution >= 4 is 28.8 Å². The van der Waals surface area contributed by atoms with Crippen molar-refractivity contribution in [3.63, 3.8) is 0 Å². The first-order chi connectivity index (χ1) is 9.27. The van der Waals surface area contributed by atoms with E-state index in [1.165, 1.54) is 0 Å². The van der Waals surface area contributed by atoms with E-state index in [1.54, 1.807) is 11.3 Å². The minimum Gasteiger partial charge on any atom is -0.363 e. The van der Waals surface area contributed by atoms with E-state index < -0.39 is 0 Å². The fourth-order valence-electron chi connectivity index (χ4n) is 1.64. The molecular weight excluding hydrogens is 292 g/mol. The monoisotopic (exact) mass is 310 g/mol. The Morgan fingerprint density at radius 2 is 1.90 bits per heavy atom. The number of rotatable bonds is 3. The van der Waals surface area contributed by atoms with Gasteiger partial charge in [-0.25, -0.2) is 15.0 Å². The van der Waals surface area contributed by atoms with Crippen molar-refractivity contribution in [3.05, 3.63) is 32.6 Å². The Labute approximate surface area is 128 Å². The molecule has 1 N–H and O–H groups in total. The molecular formula is C14H19ClN4S. The smallest absolute Gasteiger partial charge is 0.137 e. The molecule has 2 aromatic heterocycles. The van der Waals surface area contributed by atoms with Crippen molar-refractivity contribution in [1.29, 1.82) is 0 Å². The molecule has 0 aromatic carbocycles. The summed E-state index contributed by atoms with van der Waals surface area (Å²) in [6.45, 7) is 10.8. The highest BCUT2D eigenvalue weighted by atomic mass is 35.5. The van der Waals surface area contributed by atoms with Gasteiger partial charge >= 0.3 is 0 Å². The predicted molar refractivity (Wildman–Crippen MR) is 84.7 cm³/mol. The van der Waals surface area contributed by atoms with Gasteiger partial charge in [-0.15, -0.1) is 11.3 Å². The molecule has 0 fully saturated rings. The van der Waals surface area contributed by atoms with Crippen LogP contribution in [0.1, 0.15) is 42.9 Å². The molecule has 2 heterocycles. The molecule has 6 heteroatoms. The zero-order valence-corrected chi connectivity index (χ0v) is 14.0. The second-order valence-corrected chi connectivity index (χ2v) is 7.10. The number of hydrogen-bond acceptors (Lipinski definition) is 5. The van der Waals surface area contributed by atoms with Crippen LogP contribution in [0.15, 0.2) is 5.38 Å². The molecule has 0 radical (unpaired) electrons. The summed E-state index contributed by atoms with van der Waals surface area (Å²) in [5, 5.41) is 6.89. The number of nitrogens with zero attached hydrogens (tertiary/aromatic N) is 3. The molecule has 4 nitrogen and oxygen atoms in total. The van der Waals surface area contributed by atoms with Gasteiger partial charge in [-0.05, 0) is 13.8 Å². The molecule has 0 spiro atoms. The summed E-state index contributed by atoms with van der Waals surface area (Å²) in [4.78, 5) is 13.4. The molecule has 0 bridgehead atoms. The van der Waals surface area contributed by atoms with Gasteiger partial charge in [0.05, 0.1) is 6.54 Å². The normalized spacial score (nSPS) is 11.7. The van der Waals surface area contributed by atoms with Crippen molar-refractivity contribution in [2.75, 3.05) is 5.32 Å². The third kappa shape index (κ3) is 3.46. The molecule has 0 aliphatic heterocycles. The van der Waals surface area contributed by atoms with Gasteiger partial charge in [0.1, 0.15) is 21.8 Å². The van der Waals surface area contributed by atoms with Crippen molar-refractivity contribution < 1.29 is 0 Å². The lowest BCUT2D eigenvalue weighted by molar-refractivity contribution is 0.545. The highest BCUT2D eigenvalue weighted by Gasteiger charge is 2.20. The largest absolute Gasteiger partial charge is 0.363 e. The average Bonchev–Trinajstić information content (AvgIpc) is 2.75. The number of thiazole rings is 1. The first-order valence-electron chi connectivity index (χ1n) is 6.47. The van der Waals surface area contributed by atoms with Crippen molar-refractivity contribution in [2.45, 2.75) is 46.6 Å². The summed E-state index contributed by atoms with van der Waals surface area (Å²) in [6, 6.07) is 0. The van der Waals surface area contributed by atoms with Crippen LogP contribution in [0.2, 0.25) is 5.15 Å². The third-order valence-corrected chi connectivity index (χ3v) is 4.17. The fraction of sp³-hybridized carbons (Fsp3) is 0.500. The third-order valence-electron chi connectivity index (χ3n) is 2.83. The molecule has 108 valence electrons. The van der Waals surface area contributed by atoms with Gasteiger partial charge in [0, 0.05) is 22.1 Å². The standard InChI is InChI=1S/C14H19ClN4S/c1-8-7-20-10(17-8)6-16-12-9(2)11(15)18-13(19-12)14(3,4)5/h7H,6H2,1-5H3,(H,16,18,19). The van der Waals surface area contributed by atoms with Crippen LogP contribution in [0.25, 0.3) is 0 Å². The molecule has 20 heavy (non-hydrogen) atoms. The molecule has 2 aromatic rings. The summed E-state index contributed by atoms with van der Waals surface area (Å²) in [5.41, 5.74) is 1.78. The molecule has 0 saturated carbocycles. The van der Waals surface area contributed by atoms with Crippen LogP contribution in [0.5, 0.6) is 0 Å². The van der Waals surface area contributed by atoms with E-state index in [1.807, 2.05) is 19.2 Å². The van der Waals surface area contributed by atoms with Gasteiger partial charge in [-0.3, -0.25) is 0 Å². The number of aromatic nitrogens is 3. The van der Waals surface area contributed by atoms with E-state index in [0.29, 0.717) is 11.7 Å². The van der Waals surface area contributed by atoms with E-state index >= 15 is 0 Å². The van der Waals surface area contributed by atoms with E-state index in [0.717, 1.165) is 27.9 Å². The van der Waals surface area contributed by atoms with E-state index in [-0.39, 0.29) is 5.41 Å². The number of nitrogens with one attached hydrogen (secondary N) is 1. The van der Waals surface area contributed by atoms with Crippen LogP contribution in [-0.4, -0.2) is 15.0 Å². The maximum Gasteiger partial charge on any atom is 0.137 e. The lowest BCUT2D eigenvalue weighted by atomic mass is 9.95. The number of halogens is 1. The Morgan fingerprint density at radius 3 is 2.45 bits per heavy atom. The SMILES string of the molecule is Cc1csc(CNc2nc(C(C)(C)C)nc(Cl)c2C)n1. The molecule has 0 atom stereocenters. The summed E-state index contributed by atoms with van der Waals surface area (Å²) in [6.07, 6.45) is 0. The Morgan fingerprint density at radius 1 is 1.20 bits per heavy atom. The highest BCUT2D eigenvalue weighted by Crippen LogP contribution is 2.26. The number of anilines is 1. The highest BCUT2D eigenvalue weighted by molar-refractivity contribution is 7.09. The summed E-state index contributed by atoms with van der Waals surface area (Å²) in [5.74, 6) is 1.52. The van der Waals surface area contributed by atoms with Gasteiger partial charge in [0.25, 0.3) is 0 Å². The first-order valence-corrected chi connectivity index (χ1v) is 7.72. The van der Waals surface area contributed by atoms with Gasteiger partial charge in [0.2, 0.25) is 0 Å². The maximum absolute atomic E-state index is 6.21. The molecule has 2 rings (SSSR count). The zero-order valence-electron chi connectivity index (χ0n) is 12.4. The minimum absolute atomic E-state index is 0.133. The van der Waals surface area contributed by atoms with E-state index in [9.17, 15) is 0 Å². The lowest BCUT2D eigenvalue weighted by Gasteiger charge is -2.19. The van der Waals surface area contributed by atoms with Crippen molar-refractivity contribution in [2.24, 2.45) is 0 Å². The quantitative estimate of drug-likeness (QED) is 0.867. The van der Waals surface area contributed by atoms with Crippen LogP contribution in [0, 0.1) is 13.8 Å². The number of hydrogen-bond donors (Lipinski definition) is 1. The van der Waals surface area contributed by atoms with Gasteiger partial charge in [-0.2, -0.15) is 0 Å². The Hall–Kier alpha value is -1.20. The lowest BCUT2D eigenvalue weighted by Crippen LogP contribution is -2.18. The minimum atomic E-state index is -0.133. The summed E-state index contributed by atoms with van der Waals surface area (Å²) < 4.78 is 0. The summed E-state index contributed by atoms with van der Waals surface area (Å²) in [7, 11) is 0. The van der Waals surface area contributed by atoms with Crippen molar-refractivity contribution in [1.82, 2.24) is 15.0 Å². The number of aryl methyl sites for hydroxylation is 1. The van der Waals surface area contributed by atoms with E-state index in [4.69, 9.17) is 11.6 Å². The second kappa shape index (κ2) is 5.66. The first kappa shape index (κ1) is 15.2. The second-order valence-electron chi connectivity index (χ2n) is 5.80. The molecule has 0 unspecified atom stereocenters. The molecule has 0 saturated heterocycles. The molecule has 0 amide bonds. The van der Waals surface area contributed by atoms with Crippen molar-refractivity contribution in [3.8, 4) is 0 Å². The van der Waals surface area contributed by atoms with Crippen LogP contribution in [0.4, 0.5) is 5.82 Å².